The van der Waals surface area contributed by atoms with Crippen molar-refractivity contribution in [2.24, 2.45) is 4.99 Å². The maximum Gasteiger partial charge on any atom is 0.191 e. The lowest BCUT2D eigenvalue weighted by atomic mass is 10.2. The van der Waals surface area contributed by atoms with E-state index in [-0.39, 0.29) is 5.82 Å². The Morgan fingerprint density at radius 1 is 1.32 bits per heavy atom. The minimum absolute atomic E-state index is 0.227. The van der Waals surface area contributed by atoms with Crippen LogP contribution in [0.2, 0.25) is 0 Å². The van der Waals surface area contributed by atoms with Crippen LogP contribution in [0.4, 0.5) is 10.1 Å². The van der Waals surface area contributed by atoms with Crippen LogP contribution in [0.15, 0.2) is 28.6 Å². The second-order valence-corrected chi connectivity index (χ2v) is 6.97. The Hall–Kier alpha value is -2.15. The van der Waals surface area contributed by atoms with Crippen LogP contribution in [0.25, 0.3) is 0 Å². The topological polar surface area (TPSA) is 52.6 Å². The number of aromatic nitrogens is 1. The van der Waals surface area contributed by atoms with Gasteiger partial charge in [-0.1, -0.05) is 6.07 Å². The molecule has 1 aromatic heterocycles. The highest BCUT2D eigenvalue weighted by Gasteiger charge is 2.06. The Labute approximate surface area is 153 Å². The summed E-state index contributed by atoms with van der Waals surface area (Å²) >= 11 is 1.66. The van der Waals surface area contributed by atoms with Crippen LogP contribution in [-0.2, 0) is 13.0 Å². The van der Waals surface area contributed by atoms with Crippen molar-refractivity contribution in [3.05, 3.63) is 45.7 Å². The Balaban J connectivity index is 1.93. The zero-order valence-corrected chi connectivity index (χ0v) is 16.1. The maximum atomic E-state index is 14.0. The van der Waals surface area contributed by atoms with Gasteiger partial charge in [-0.05, 0) is 31.5 Å². The van der Waals surface area contributed by atoms with Crippen molar-refractivity contribution in [1.29, 1.82) is 0 Å². The van der Waals surface area contributed by atoms with Gasteiger partial charge in [0.2, 0.25) is 0 Å². The van der Waals surface area contributed by atoms with E-state index in [2.05, 4.69) is 26.0 Å². The molecule has 0 saturated carbocycles. The highest BCUT2D eigenvalue weighted by Crippen LogP contribution is 2.18. The van der Waals surface area contributed by atoms with Crippen LogP contribution in [0, 0.1) is 12.7 Å². The highest BCUT2D eigenvalue weighted by atomic mass is 32.1. The molecule has 25 heavy (non-hydrogen) atoms. The van der Waals surface area contributed by atoms with Crippen LogP contribution in [-0.4, -0.2) is 38.1 Å². The number of nitrogens with zero attached hydrogens (tertiary/aromatic N) is 3. The minimum Gasteiger partial charge on any atom is -0.375 e. The van der Waals surface area contributed by atoms with E-state index in [9.17, 15) is 4.39 Å². The number of aryl methyl sites for hydroxylation is 1. The van der Waals surface area contributed by atoms with E-state index >= 15 is 0 Å². The van der Waals surface area contributed by atoms with Crippen molar-refractivity contribution in [3.8, 4) is 0 Å². The smallest absolute Gasteiger partial charge is 0.191 e. The molecule has 0 unspecified atom stereocenters. The van der Waals surface area contributed by atoms with E-state index in [1.54, 1.807) is 28.4 Å². The summed E-state index contributed by atoms with van der Waals surface area (Å²) in [6.45, 7) is 5.98. The summed E-state index contributed by atoms with van der Waals surface area (Å²) in [5.74, 6) is 0.501. The largest absolute Gasteiger partial charge is 0.375 e. The summed E-state index contributed by atoms with van der Waals surface area (Å²) in [5.41, 5.74) is 2.51. The van der Waals surface area contributed by atoms with E-state index in [4.69, 9.17) is 0 Å². The van der Waals surface area contributed by atoms with Crippen LogP contribution in [0.5, 0.6) is 0 Å². The number of benzene rings is 1. The number of thiazole rings is 1. The van der Waals surface area contributed by atoms with Gasteiger partial charge in [-0.2, -0.15) is 0 Å². The molecule has 2 rings (SSSR count). The summed E-state index contributed by atoms with van der Waals surface area (Å²) < 4.78 is 14.0. The van der Waals surface area contributed by atoms with Crippen molar-refractivity contribution in [2.45, 2.75) is 26.8 Å². The van der Waals surface area contributed by atoms with Gasteiger partial charge in [-0.15, -0.1) is 11.3 Å². The molecule has 0 radical (unpaired) electrons. The summed E-state index contributed by atoms with van der Waals surface area (Å²) in [7, 11) is 3.65. The lowest BCUT2D eigenvalue weighted by Crippen LogP contribution is -2.38. The number of guanidine groups is 1. The Kier molecular flexibility index (Phi) is 7.18. The molecule has 7 heteroatoms. The van der Waals surface area contributed by atoms with Gasteiger partial charge in [0.15, 0.2) is 5.96 Å². The van der Waals surface area contributed by atoms with Crippen molar-refractivity contribution in [1.82, 2.24) is 15.6 Å². The zero-order chi connectivity index (χ0) is 18.2. The lowest BCUT2D eigenvalue weighted by Gasteiger charge is -2.14. The second-order valence-electron chi connectivity index (χ2n) is 5.91. The molecule has 0 bridgehead atoms. The average molecular weight is 364 g/mol. The highest BCUT2D eigenvalue weighted by molar-refractivity contribution is 7.09. The molecule has 0 aliphatic heterocycles. The SMILES string of the molecule is CCNC(=NCc1ccc(N(C)C)c(F)c1)NCCc1csc(C)n1. The molecule has 136 valence electrons. The Morgan fingerprint density at radius 2 is 2.12 bits per heavy atom. The van der Waals surface area contributed by atoms with Crippen LogP contribution < -0.4 is 15.5 Å². The van der Waals surface area contributed by atoms with Gasteiger partial charge >= 0.3 is 0 Å². The van der Waals surface area contributed by atoms with E-state index in [1.807, 2.05) is 34.0 Å². The normalized spacial score (nSPS) is 11.5. The number of halogens is 1. The van der Waals surface area contributed by atoms with Crippen LogP contribution in [0.3, 0.4) is 0 Å². The van der Waals surface area contributed by atoms with Gasteiger partial charge in [0, 0.05) is 39.0 Å². The number of hydrogen-bond acceptors (Lipinski definition) is 4. The fourth-order valence-electron chi connectivity index (χ4n) is 2.36. The van der Waals surface area contributed by atoms with E-state index in [0.717, 1.165) is 41.7 Å². The summed E-state index contributed by atoms with van der Waals surface area (Å²) in [6.07, 6.45) is 0.848. The molecular weight excluding hydrogens is 337 g/mol. The van der Waals surface area contributed by atoms with Gasteiger partial charge < -0.3 is 15.5 Å². The number of aliphatic imine (C=N–C) groups is 1. The summed E-state index contributed by atoms with van der Waals surface area (Å²) in [6, 6.07) is 5.23. The molecule has 0 saturated heterocycles. The number of anilines is 1. The van der Waals surface area contributed by atoms with E-state index in [0.29, 0.717) is 12.2 Å². The van der Waals surface area contributed by atoms with E-state index < -0.39 is 0 Å². The van der Waals surface area contributed by atoms with Gasteiger partial charge in [0.05, 0.1) is 22.9 Å². The third kappa shape index (κ3) is 6.01. The predicted octanol–water partition coefficient (Wildman–Crippen LogP) is 2.95. The fourth-order valence-corrected chi connectivity index (χ4v) is 3.00. The van der Waals surface area contributed by atoms with Crippen molar-refractivity contribution >= 4 is 23.0 Å². The molecule has 0 spiro atoms. The molecule has 0 aliphatic carbocycles. The lowest BCUT2D eigenvalue weighted by molar-refractivity contribution is 0.624. The quantitative estimate of drug-likeness (QED) is 0.587. The predicted molar refractivity (Wildman–Crippen MR) is 104 cm³/mol. The second kappa shape index (κ2) is 9.36. The van der Waals surface area contributed by atoms with Gasteiger partial charge in [0.25, 0.3) is 0 Å². The van der Waals surface area contributed by atoms with Gasteiger partial charge in [-0.25, -0.2) is 14.4 Å². The van der Waals surface area contributed by atoms with Crippen molar-refractivity contribution < 1.29 is 4.39 Å². The molecule has 5 nitrogen and oxygen atoms in total. The summed E-state index contributed by atoms with van der Waals surface area (Å²) in [4.78, 5) is 10.7. The molecule has 1 heterocycles. The first kappa shape index (κ1) is 19.2. The fraction of sp³-hybridized carbons (Fsp3) is 0.444. The zero-order valence-electron chi connectivity index (χ0n) is 15.3. The molecule has 0 fully saturated rings. The standard InChI is InChI=1S/C18H26FN5S/c1-5-20-18(21-9-8-15-12-25-13(2)23-15)22-11-14-6-7-17(24(3)4)16(19)10-14/h6-7,10,12H,5,8-9,11H2,1-4H3,(H2,20,21,22). The number of hydrogen-bond donors (Lipinski definition) is 2. The molecule has 2 N–H and O–H groups in total. The first-order chi connectivity index (χ1) is 12.0. The third-order valence-electron chi connectivity index (χ3n) is 3.60. The van der Waals surface area contributed by atoms with Crippen molar-refractivity contribution in [3.63, 3.8) is 0 Å². The number of nitrogens with one attached hydrogen (secondary N) is 2. The first-order valence-electron chi connectivity index (χ1n) is 8.38. The van der Waals surface area contributed by atoms with Gasteiger partial charge in [-0.3, -0.25) is 0 Å². The third-order valence-corrected chi connectivity index (χ3v) is 4.42. The molecule has 0 amide bonds. The van der Waals surface area contributed by atoms with Crippen LogP contribution in [0.1, 0.15) is 23.2 Å². The monoisotopic (exact) mass is 363 g/mol. The van der Waals surface area contributed by atoms with Gasteiger partial charge in [0.1, 0.15) is 5.82 Å². The summed E-state index contributed by atoms with van der Waals surface area (Å²) in [5, 5.41) is 9.66. The minimum atomic E-state index is -0.227. The van der Waals surface area contributed by atoms with Crippen molar-refractivity contribution in [2.75, 3.05) is 32.1 Å². The van der Waals surface area contributed by atoms with E-state index in [1.165, 1.54) is 0 Å². The molecule has 0 atom stereocenters. The molecular formula is C18H26FN5S. The Morgan fingerprint density at radius 3 is 2.72 bits per heavy atom. The number of rotatable bonds is 7. The average Bonchev–Trinajstić information content (AvgIpc) is 2.97. The first-order valence-corrected chi connectivity index (χ1v) is 9.26. The molecule has 1 aromatic carbocycles. The van der Waals surface area contributed by atoms with Crippen LogP contribution >= 0.6 is 11.3 Å². The molecule has 2 aromatic rings. The Bertz CT molecular complexity index is 711. The maximum absolute atomic E-state index is 14.0. The molecule has 0 aliphatic rings.